The molecule has 0 heterocycles. The Bertz CT molecular complexity index is 415. The van der Waals surface area contributed by atoms with Crippen molar-refractivity contribution in [3.05, 3.63) is 0 Å². The lowest BCUT2D eigenvalue weighted by molar-refractivity contribution is -0.969. The molecule has 0 radical (unpaired) electrons. The maximum Gasteiger partial charge on any atom is 0.362 e. The zero-order valence-corrected chi connectivity index (χ0v) is 16.6. The first-order valence-corrected chi connectivity index (χ1v) is 9.66. The Hall–Kier alpha value is -1.63. The van der Waals surface area contributed by atoms with E-state index in [0.717, 1.165) is 25.7 Å². The van der Waals surface area contributed by atoms with Gasteiger partial charge in [0.15, 0.2) is 12.1 Å². The maximum atomic E-state index is 11.6. The topological polar surface area (TPSA) is 115 Å². The van der Waals surface area contributed by atoms with Crippen LogP contribution >= 0.6 is 0 Å². The highest BCUT2D eigenvalue weighted by Gasteiger charge is 2.50. The Kier molecular flexibility index (Phi) is 11.1. The summed E-state index contributed by atoms with van der Waals surface area (Å²) < 4.78 is -0.539. The first-order chi connectivity index (χ1) is 12.1. The minimum atomic E-state index is -1.43. The van der Waals surface area contributed by atoms with Crippen LogP contribution in [-0.4, -0.2) is 57.3 Å². The molecular weight excluding hydrogens is 338 g/mol. The number of carboxylic acids is 3. The Morgan fingerprint density at radius 1 is 0.769 bits per heavy atom. The Morgan fingerprint density at radius 3 is 1.50 bits per heavy atom. The van der Waals surface area contributed by atoms with Gasteiger partial charge in [0.2, 0.25) is 0 Å². The molecule has 0 saturated carbocycles. The highest BCUT2D eigenvalue weighted by molar-refractivity contribution is 5.76. The number of aliphatic carboxylic acids is 3. The number of carboxylic acid groups (broad SMARTS) is 3. The number of nitrogens with zero attached hydrogens (tertiary/aromatic N) is 1. The number of rotatable bonds is 15. The fraction of sp³-hybridized carbons (Fsp3) is 0.842. The van der Waals surface area contributed by atoms with E-state index in [1.165, 1.54) is 40.0 Å². The first-order valence-electron chi connectivity index (χ1n) is 9.66. The third-order valence-electron chi connectivity index (χ3n) is 5.62. The normalized spacial score (nSPS) is 17.1. The van der Waals surface area contributed by atoms with Crippen molar-refractivity contribution in [2.75, 3.05) is 6.54 Å². The number of hydrogen-bond acceptors (Lipinski definition) is 4. The van der Waals surface area contributed by atoms with Crippen LogP contribution in [0.3, 0.4) is 0 Å². The first kappa shape index (κ1) is 24.4. The zero-order valence-electron chi connectivity index (χ0n) is 16.6. The number of unbranched alkanes of at least 4 members (excludes halogenated alkanes) is 7. The van der Waals surface area contributed by atoms with Crippen molar-refractivity contribution in [2.24, 2.45) is 0 Å². The molecule has 0 aliphatic rings. The van der Waals surface area contributed by atoms with Gasteiger partial charge in [-0.3, -0.25) is 4.48 Å². The molecule has 0 saturated heterocycles. The lowest BCUT2D eigenvalue weighted by Gasteiger charge is -2.49. The average molecular weight is 373 g/mol. The summed E-state index contributed by atoms with van der Waals surface area (Å²) in [7, 11) is 0. The van der Waals surface area contributed by atoms with E-state index in [4.69, 9.17) is 0 Å². The molecule has 3 unspecified atom stereocenters. The van der Waals surface area contributed by atoms with Crippen LogP contribution in [0, 0.1) is 0 Å². The molecule has 152 valence electrons. The van der Waals surface area contributed by atoms with Gasteiger partial charge < -0.3 is 20.1 Å². The summed E-state index contributed by atoms with van der Waals surface area (Å²) in [5.74, 6) is -3.83. The van der Waals surface area contributed by atoms with Crippen molar-refractivity contribution in [3.63, 3.8) is 0 Å². The molecule has 7 heteroatoms. The molecule has 0 aromatic carbocycles. The van der Waals surface area contributed by atoms with Crippen molar-refractivity contribution < 1.29 is 34.2 Å². The molecule has 0 amide bonds. The van der Waals surface area contributed by atoms with Crippen LogP contribution < -0.4 is 5.11 Å². The van der Waals surface area contributed by atoms with Crippen molar-refractivity contribution in [1.82, 2.24) is 0 Å². The fourth-order valence-corrected chi connectivity index (χ4v) is 3.71. The minimum Gasteiger partial charge on any atom is -0.544 e. The summed E-state index contributed by atoms with van der Waals surface area (Å²) in [6, 6.07) is -3.53. The lowest BCUT2D eigenvalue weighted by atomic mass is 10.00. The van der Waals surface area contributed by atoms with Crippen molar-refractivity contribution in [2.45, 2.75) is 97.2 Å². The van der Waals surface area contributed by atoms with Gasteiger partial charge in [-0.1, -0.05) is 45.4 Å². The smallest absolute Gasteiger partial charge is 0.362 e. The highest BCUT2D eigenvalue weighted by Crippen LogP contribution is 2.27. The van der Waals surface area contributed by atoms with Gasteiger partial charge in [0.05, 0.1) is 12.5 Å². The third kappa shape index (κ3) is 6.59. The van der Waals surface area contributed by atoms with E-state index in [1.807, 2.05) is 0 Å². The van der Waals surface area contributed by atoms with Crippen LogP contribution in [0.25, 0.3) is 0 Å². The molecule has 0 aromatic rings. The summed E-state index contributed by atoms with van der Waals surface area (Å²) in [5.41, 5.74) is 0. The lowest BCUT2D eigenvalue weighted by Crippen LogP contribution is -2.72. The van der Waals surface area contributed by atoms with E-state index in [1.54, 1.807) is 0 Å². The average Bonchev–Trinajstić information content (AvgIpc) is 2.58. The molecule has 0 aromatic heterocycles. The summed E-state index contributed by atoms with van der Waals surface area (Å²) in [6.07, 6.45) is 8.22. The SMILES string of the molecule is CCCCCCCCCC[N+](C(C)C(=O)[O-])(C(C)C(=O)O)C(C)C(=O)O. The summed E-state index contributed by atoms with van der Waals surface area (Å²) >= 11 is 0. The van der Waals surface area contributed by atoms with Crippen molar-refractivity contribution >= 4 is 17.9 Å². The number of carbonyl (C=O) groups excluding carboxylic acids is 1. The van der Waals surface area contributed by atoms with Gasteiger partial charge in [0.1, 0.15) is 6.04 Å². The van der Waals surface area contributed by atoms with E-state index in [0.29, 0.717) is 6.42 Å². The Labute approximate surface area is 156 Å². The molecular formula is C19H35NO6. The molecule has 0 aliphatic heterocycles. The molecule has 0 bridgehead atoms. The zero-order chi connectivity index (χ0) is 20.3. The maximum absolute atomic E-state index is 11.6. The van der Waals surface area contributed by atoms with Gasteiger partial charge >= 0.3 is 11.9 Å². The van der Waals surface area contributed by atoms with Gasteiger partial charge in [-0.15, -0.1) is 0 Å². The van der Waals surface area contributed by atoms with Crippen LogP contribution in [-0.2, 0) is 14.4 Å². The predicted octanol–water partition coefficient (Wildman–Crippen LogP) is 2.03. The summed E-state index contributed by atoms with van der Waals surface area (Å²) in [4.78, 5) is 34.8. The summed E-state index contributed by atoms with van der Waals surface area (Å²) in [6.45, 7) is 6.45. The Morgan fingerprint density at radius 2 is 1.15 bits per heavy atom. The largest absolute Gasteiger partial charge is 0.544 e. The molecule has 3 atom stereocenters. The highest BCUT2D eigenvalue weighted by atomic mass is 16.4. The van der Waals surface area contributed by atoms with E-state index in [2.05, 4.69) is 6.92 Å². The van der Waals surface area contributed by atoms with Crippen LogP contribution in [0.5, 0.6) is 0 Å². The van der Waals surface area contributed by atoms with E-state index < -0.39 is 40.5 Å². The van der Waals surface area contributed by atoms with Crippen molar-refractivity contribution in [3.8, 4) is 0 Å². The molecule has 7 nitrogen and oxygen atoms in total. The fourth-order valence-electron chi connectivity index (χ4n) is 3.71. The number of hydrogen-bond donors (Lipinski definition) is 2. The monoisotopic (exact) mass is 373 g/mol. The van der Waals surface area contributed by atoms with Crippen LogP contribution in [0.2, 0.25) is 0 Å². The van der Waals surface area contributed by atoms with E-state index in [-0.39, 0.29) is 6.54 Å². The predicted molar refractivity (Wildman–Crippen MR) is 96.4 cm³/mol. The van der Waals surface area contributed by atoms with Gasteiger partial charge in [0, 0.05) is 0 Å². The number of quaternary nitrogens is 1. The van der Waals surface area contributed by atoms with Gasteiger partial charge in [0.25, 0.3) is 0 Å². The second-order valence-electron chi connectivity index (χ2n) is 7.22. The standard InChI is InChI=1S/C19H35NO6/c1-5-6-7-8-9-10-11-12-13-20(14(2)17(21)22,15(3)18(23)24)16(4)19(25)26/h14-16H,5-13H2,1-4H3,(H2-,21,22,23,24,25,26). The van der Waals surface area contributed by atoms with Crippen LogP contribution in [0.1, 0.15) is 79.1 Å². The summed E-state index contributed by atoms with van der Waals surface area (Å²) in [5, 5.41) is 30.5. The Balaban J connectivity index is 5.16. The van der Waals surface area contributed by atoms with Crippen molar-refractivity contribution in [1.29, 1.82) is 0 Å². The molecule has 0 fully saturated rings. The molecule has 0 spiro atoms. The number of carbonyl (C=O) groups is 3. The van der Waals surface area contributed by atoms with E-state index >= 15 is 0 Å². The van der Waals surface area contributed by atoms with Gasteiger partial charge in [-0.05, 0) is 33.6 Å². The minimum absolute atomic E-state index is 0.186. The van der Waals surface area contributed by atoms with Crippen LogP contribution in [0.15, 0.2) is 0 Å². The molecule has 0 aliphatic carbocycles. The second kappa shape index (κ2) is 11.9. The molecule has 26 heavy (non-hydrogen) atoms. The van der Waals surface area contributed by atoms with Gasteiger partial charge in [-0.2, -0.15) is 0 Å². The second-order valence-corrected chi connectivity index (χ2v) is 7.22. The van der Waals surface area contributed by atoms with Crippen LogP contribution in [0.4, 0.5) is 0 Å². The van der Waals surface area contributed by atoms with Gasteiger partial charge in [-0.25, -0.2) is 9.59 Å². The quantitative estimate of drug-likeness (QED) is 0.335. The molecule has 2 N–H and O–H groups in total. The van der Waals surface area contributed by atoms with E-state index in [9.17, 15) is 29.7 Å². The third-order valence-corrected chi connectivity index (χ3v) is 5.62. The molecule has 0 rings (SSSR count).